The largest absolute Gasteiger partial charge is 0.500 e. The van der Waals surface area contributed by atoms with Gasteiger partial charge in [0.25, 0.3) is 0 Å². The van der Waals surface area contributed by atoms with Crippen LogP contribution in [-0.4, -0.2) is 32.8 Å². The van der Waals surface area contributed by atoms with Crippen LogP contribution < -0.4 is 5.19 Å². The summed E-state index contributed by atoms with van der Waals surface area (Å²) in [5.74, 6) is 0.718. The molecular weight excluding hydrogens is 847 g/mol. The molecule has 0 amide bonds. The van der Waals surface area contributed by atoms with Crippen LogP contribution in [0.25, 0.3) is 83.1 Å². The van der Waals surface area contributed by atoms with Crippen molar-refractivity contribution in [2.24, 2.45) is 0 Å². The van der Waals surface area contributed by atoms with Crippen LogP contribution in [0.4, 0.5) is 0 Å². The Balaban J connectivity index is 0.000000199. The summed E-state index contributed by atoms with van der Waals surface area (Å²) in [6, 6.07) is 53.5. The molecule has 0 aliphatic carbocycles. The van der Waals surface area contributed by atoms with Crippen LogP contribution in [0.1, 0.15) is 0 Å². The summed E-state index contributed by atoms with van der Waals surface area (Å²) in [6.45, 7) is 7.00. The van der Waals surface area contributed by atoms with Crippen LogP contribution in [0.3, 0.4) is 0 Å². The molecule has 0 aliphatic rings. The molecule has 4 aromatic heterocycles. The van der Waals surface area contributed by atoms with E-state index >= 15 is 0 Å². The predicted octanol–water partition coefficient (Wildman–Crippen LogP) is 10.6. The maximum Gasteiger partial charge on any atom is 0.178 e. The number of pyridine rings is 1. The third kappa shape index (κ3) is 6.25. The van der Waals surface area contributed by atoms with Gasteiger partial charge in [0.05, 0.1) is 25.0 Å². The number of furan rings is 1. The summed E-state index contributed by atoms with van der Waals surface area (Å²) in [5, 5.41) is 15.8. The number of rotatable bonds is 4. The van der Waals surface area contributed by atoms with E-state index in [1.54, 1.807) is 0 Å². The average Bonchev–Trinajstić information content (AvgIpc) is 3.78. The van der Waals surface area contributed by atoms with E-state index in [1.807, 2.05) is 108 Å². The van der Waals surface area contributed by atoms with E-state index in [2.05, 4.69) is 89.4 Å². The fraction of sp³-hybridized carbons (Fsp3) is 0.0667. The van der Waals surface area contributed by atoms with Crippen LogP contribution in [0.2, 0.25) is 19.6 Å². The van der Waals surface area contributed by atoms with Crippen molar-refractivity contribution >= 4 is 68.0 Å². The number of aromatic nitrogens is 5. The molecule has 4 heterocycles. The van der Waals surface area contributed by atoms with Gasteiger partial charge in [-0.1, -0.05) is 116 Å². The van der Waals surface area contributed by atoms with Gasteiger partial charge in [0, 0.05) is 48.1 Å². The molecule has 10 aromatic rings. The van der Waals surface area contributed by atoms with E-state index in [0.717, 1.165) is 77.5 Å². The second-order valence-corrected chi connectivity index (χ2v) is 18.9. The summed E-state index contributed by atoms with van der Waals surface area (Å²) in [5.41, 5.74) is 7.74. The zero-order valence-corrected chi connectivity index (χ0v) is 32.7. The Labute approximate surface area is 321 Å². The Morgan fingerprint density at radius 2 is 1.38 bits per heavy atom. The predicted molar refractivity (Wildman–Crippen MR) is 215 cm³/mol. The van der Waals surface area contributed by atoms with Crippen LogP contribution in [-0.2, 0) is 20.1 Å². The van der Waals surface area contributed by atoms with Gasteiger partial charge in [-0.3, -0.25) is 4.98 Å². The number of hydrogen-bond acceptors (Lipinski definition) is 5. The number of para-hydroxylation sites is 1. The van der Waals surface area contributed by atoms with Crippen LogP contribution in [0.15, 0.2) is 150 Å². The van der Waals surface area contributed by atoms with Gasteiger partial charge in [-0.25, -0.2) is 0 Å². The van der Waals surface area contributed by atoms with E-state index < -0.39 is 8.07 Å². The minimum Gasteiger partial charge on any atom is -0.500 e. The van der Waals surface area contributed by atoms with Gasteiger partial charge in [0.15, 0.2) is 5.65 Å². The minimum absolute atomic E-state index is 0. The third-order valence-electron chi connectivity index (χ3n) is 9.44. The summed E-state index contributed by atoms with van der Waals surface area (Å²) in [6.07, 6.45) is 2.02. The van der Waals surface area contributed by atoms with Crippen molar-refractivity contribution in [3.63, 3.8) is 0 Å². The molecule has 0 spiro atoms. The number of fused-ring (bicyclic) bond motifs is 8. The van der Waals surface area contributed by atoms with Crippen LogP contribution in [0.5, 0.6) is 0 Å². The van der Waals surface area contributed by atoms with E-state index in [1.165, 1.54) is 5.19 Å². The molecule has 0 atom stereocenters. The molecule has 0 unspecified atom stereocenters. The fourth-order valence-corrected chi connectivity index (χ4v) is 7.76. The number of imidazole rings is 1. The second-order valence-electron chi connectivity index (χ2n) is 13.8. The molecule has 0 N–H and O–H groups in total. The zero-order chi connectivity index (χ0) is 35.2. The van der Waals surface area contributed by atoms with E-state index in [0.29, 0.717) is 5.65 Å². The number of nitrogens with zero attached hydrogens (tertiary/aromatic N) is 5. The Hall–Kier alpha value is -5.79. The third-order valence-corrected chi connectivity index (χ3v) is 11.5. The molecule has 0 saturated carbocycles. The smallest absolute Gasteiger partial charge is 0.178 e. The first-order chi connectivity index (χ1) is 25.4. The fourth-order valence-electron chi connectivity index (χ4n) is 6.72. The zero-order valence-electron chi connectivity index (χ0n) is 29.3. The molecule has 6 nitrogen and oxygen atoms in total. The monoisotopic (exact) mass is 880 g/mol. The average molecular weight is 880 g/mol. The van der Waals surface area contributed by atoms with Crippen molar-refractivity contribution < 1.29 is 24.5 Å². The van der Waals surface area contributed by atoms with Gasteiger partial charge in [0.1, 0.15) is 11.1 Å². The molecule has 0 aliphatic heterocycles. The van der Waals surface area contributed by atoms with Gasteiger partial charge in [-0.2, -0.15) is 0 Å². The molecule has 1 radical (unpaired) electrons. The standard InChI is InChI=1S/C31H17N4O.C14H16NSi.Ir/c1-2-10-20(11-3-1)35-30(32-27-24-13-6-7-16-26(24)33-34-31(27)35)25-15-8-14-22-23-18-17-19-9-4-5-12-21(19)28(23)36-29(22)25;1-16(2,3)13-9-10-14(15-11-13)12-7-5-4-6-8-12;/h1-14,16-18H;4-7,9-11H,1-3H3;/q2*-1;. The SMILES string of the molecule is C[Si](C)(C)c1ccc(-c2[c-]cccc2)nc1.[Ir].[c-]1ccc2c(oc3c4ccccc4ccc23)c1-c1nc2c3ccccc3nnc2n1-c1ccccc1. The molecular formula is C45H33IrN5OSi-2. The Morgan fingerprint density at radius 3 is 2.15 bits per heavy atom. The van der Waals surface area contributed by atoms with E-state index in [4.69, 9.17) is 9.40 Å². The molecule has 6 aromatic carbocycles. The molecule has 53 heavy (non-hydrogen) atoms. The molecule has 259 valence electrons. The van der Waals surface area contributed by atoms with Crippen molar-refractivity contribution in [2.45, 2.75) is 19.6 Å². The summed E-state index contributed by atoms with van der Waals surface area (Å²) in [4.78, 5) is 9.66. The first-order valence-corrected chi connectivity index (χ1v) is 20.8. The molecule has 10 rings (SSSR count). The van der Waals surface area contributed by atoms with Gasteiger partial charge >= 0.3 is 0 Å². The molecule has 0 bridgehead atoms. The maximum atomic E-state index is 6.61. The summed E-state index contributed by atoms with van der Waals surface area (Å²) < 4.78 is 8.65. The van der Waals surface area contributed by atoms with Crippen LogP contribution >= 0.6 is 0 Å². The minimum atomic E-state index is -1.23. The summed E-state index contributed by atoms with van der Waals surface area (Å²) >= 11 is 0. The van der Waals surface area contributed by atoms with Crippen molar-refractivity contribution in [3.8, 4) is 28.3 Å². The van der Waals surface area contributed by atoms with E-state index in [9.17, 15) is 0 Å². The first-order valence-electron chi connectivity index (χ1n) is 17.3. The summed E-state index contributed by atoms with van der Waals surface area (Å²) in [7, 11) is -1.23. The molecule has 8 heteroatoms. The van der Waals surface area contributed by atoms with Gasteiger partial charge < -0.3 is 14.0 Å². The quantitative estimate of drug-likeness (QED) is 0.130. The maximum absolute atomic E-state index is 6.61. The Kier molecular flexibility index (Phi) is 9.04. The van der Waals surface area contributed by atoms with Gasteiger partial charge in [0.2, 0.25) is 0 Å². The molecule has 0 fully saturated rings. The normalized spacial score (nSPS) is 11.5. The molecule has 0 saturated heterocycles. The van der Waals surface area contributed by atoms with Crippen molar-refractivity contribution in [1.82, 2.24) is 24.7 Å². The van der Waals surface area contributed by atoms with Crippen molar-refractivity contribution in [3.05, 3.63) is 158 Å². The van der Waals surface area contributed by atoms with Crippen LogP contribution in [0, 0.1) is 12.1 Å². The second kappa shape index (κ2) is 14.0. The van der Waals surface area contributed by atoms with Gasteiger partial charge in [-0.05, 0) is 34.5 Å². The number of hydrogen-bond donors (Lipinski definition) is 0. The topological polar surface area (TPSA) is 69.6 Å². The Bertz CT molecular complexity index is 2880. The Morgan fingerprint density at radius 1 is 0.623 bits per heavy atom. The van der Waals surface area contributed by atoms with Gasteiger partial charge in [-0.15, -0.1) is 64.3 Å². The van der Waals surface area contributed by atoms with E-state index in [-0.39, 0.29) is 20.1 Å². The van der Waals surface area contributed by atoms with Crippen molar-refractivity contribution in [2.75, 3.05) is 0 Å². The van der Waals surface area contributed by atoms with Crippen molar-refractivity contribution in [1.29, 1.82) is 0 Å². The number of benzene rings is 6. The first kappa shape index (κ1) is 34.3.